The van der Waals surface area contributed by atoms with Gasteiger partial charge in [-0.2, -0.15) is 4.98 Å². The molecule has 15 nitrogen and oxygen atoms in total. The molecule has 1 saturated carbocycles. The molecule has 59 heavy (non-hydrogen) atoms. The Kier molecular flexibility index (Phi) is 10.9. The van der Waals surface area contributed by atoms with Crippen molar-refractivity contribution >= 4 is 40.3 Å². The van der Waals surface area contributed by atoms with E-state index in [1.165, 1.54) is 5.56 Å². The molecule has 1 saturated heterocycles. The highest BCUT2D eigenvalue weighted by atomic mass is 16.5. The van der Waals surface area contributed by atoms with Gasteiger partial charge in [-0.3, -0.25) is 19.7 Å². The Morgan fingerprint density at radius 1 is 0.966 bits per heavy atom. The molecule has 6 aromatic rings. The van der Waals surface area contributed by atoms with E-state index in [4.69, 9.17) is 4.52 Å². The summed E-state index contributed by atoms with van der Waals surface area (Å²) in [5.41, 5.74) is 8.13. The monoisotopic (exact) mass is 795 g/mol. The summed E-state index contributed by atoms with van der Waals surface area (Å²) in [5.74, 6) is 0.853. The summed E-state index contributed by atoms with van der Waals surface area (Å²) in [6, 6.07) is 20.2. The maximum atomic E-state index is 12.9. The van der Waals surface area contributed by atoms with E-state index in [2.05, 4.69) is 80.9 Å². The summed E-state index contributed by atoms with van der Waals surface area (Å²) >= 11 is 0. The predicted octanol–water partition coefficient (Wildman–Crippen LogP) is 6.33. The molecule has 6 N–H and O–H groups in total. The third-order valence-electron chi connectivity index (χ3n) is 11.1. The zero-order valence-corrected chi connectivity index (χ0v) is 33.8. The molecule has 2 atom stereocenters. The van der Waals surface area contributed by atoms with Gasteiger partial charge in [0.15, 0.2) is 5.82 Å². The highest BCUT2D eigenvalue weighted by Crippen LogP contribution is 2.37. The van der Waals surface area contributed by atoms with Crippen LogP contribution < -0.4 is 26.6 Å². The minimum Gasteiger partial charge on any atom is -0.374 e. The third-order valence-corrected chi connectivity index (χ3v) is 11.1. The highest BCUT2D eigenvalue weighted by molar-refractivity contribution is 6.01. The molecule has 1 unspecified atom stereocenters. The molecule has 2 fully saturated rings. The van der Waals surface area contributed by atoms with Crippen LogP contribution in [0.15, 0.2) is 77.7 Å². The zero-order chi connectivity index (χ0) is 41.3. The number of anilines is 2. The molecule has 304 valence electrons. The molecule has 5 heterocycles. The summed E-state index contributed by atoms with van der Waals surface area (Å²) in [4.78, 5) is 57.9. The number of hydrogen-bond acceptors (Lipinski definition) is 12. The van der Waals surface area contributed by atoms with Gasteiger partial charge in [0.05, 0.1) is 11.7 Å². The van der Waals surface area contributed by atoms with Crippen LogP contribution in [0.5, 0.6) is 0 Å². The lowest BCUT2D eigenvalue weighted by atomic mass is 9.76. The number of pyridine rings is 1. The van der Waals surface area contributed by atoms with E-state index in [-0.39, 0.29) is 35.2 Å². The first kappa shape index (κ1) is 39.4. The van der Waals surface area contributed by atoms with E-state index in [0.717, 1.165) is 82.1 Å². The molecule has 2 aromatic carbocycles. The van der Waals surface area contributed by atoms with Crippen LogP contribution in [0.1, 0.15) is 98.5 Å². The van der Waals surface area contributed by atoms with Gasteiger partial charge in [-0.1, -0.05) is 50.2 Å². The lowest BCUT2D eigenvalue weighted by Gasteiger charge is -2.36. The van der Waals surface area contributed by atoms with Gasteiger partial charge in [0.2, 0.25) is 11.8 Å². The molecule has 0 bridgehead atoms. The van der Waals surface area contributed by atoms with Crippen molar-refractivity contribution in [2.75, 3.05) is 23.7 Å². The van der Waals surface area contributed by atoms with Crippen LogP contribution in [0.4, 0.5) is 11.5 Å². The number of H-pyrrole nitrogens is 1. The van der Waals surface area contributed by atoms with Gasteiger partial charge >= 0.3 is 11.8 Å². The largest absolute Gasteiger partial charge is 0.374 e. The zero-order valence-electron chi connectivity index (χ0n) is 33.8. The van der Waals surface area contributed by atoms with Crippen molar-refractivity contribution in [3.05, 3.63) is 102 Å². The van der Waals surface area contributed by atoms with Gasteiger partial charge in [-0.15, -0.1) is 0 Å². The number of nitrogens with one attached hydrogen (secondary N) is 6. The van der Waals surface area contributed by atoms with Gasteiger partial charge in [-0.05, 0) is 92.1 Å². The molecule has 0 radical (unpaired) electrons. The lowest BCUT2D eigenvalue weighted by Crippen LogP contribution is -2.47. The lowest BCUT2D eigenvalue weighted by molar-refractivity contribution is -0.133. The SMILES string of the molecule is Cc1cc(-c2ncnc3[nH]c(-c4ccc(NCCN[C@H]5C[C@@H](c6ccc(NC7CCC(=O)NC7=O)cc6)C5)nc4)cc23)ccc1[C@@H](C)NC(=O)c1nc(C(C)(C)C)no1. The summed E-state index contributed by atoms with van der Waals surface area (Å²) in [6.45, 7) is 11.4. The van der Waals surface area contributed by atoms with Crippen LogP contribution in [-0.4, -0.2) is 73.0 Å². The second kappa shape index (κ2) is 16.4. The first-order valence-corrected chi connectivity index (χ1v) is 20.1. The van der Waals surface area contributed by atoms with Crippen molar-refractivity contribution in [3.8, 4) is 22.5 Å². The van der Waals surface area contributed by atoms with E-state index in [1.54, 1.807) is 6.33 Å². The Labute approximate surface area is 342 Å². The van der Waals surface area contributed by atoms with Crippen LogP contribution >= 0.6 is 0 Å². The van der Waals surface area contributed by atoms with Crippen molar-refractivity contribution in [1.29, 1.82) is 0 Å². The minimum atomic E-state index is -0.416. The van der Waals surface area contributed by atoms with Crippen LogP contribution in [0, 0.1) is 6.92 Å². The Morgan fingerprint density at radius 3 is 2.47 bits per heavy atom. The minimum absolute atomic E-state index is 0.0547. The van der Waals surface area contributed by atoms with E-state index in [1.807, 2.05) is 77.2 Å². The van der Waals surface area contributed by atoms with Gasteiger partial charge in [-0.25, -0.2) is 15.0 Å². The third kappa shape index (κ3) is 8.84. The summed E-state index contributed by atoms with van der Waals surface area (Å²) in [6.07, 6.45) is 6.44. The number of hydrogen-bond donors (Lipinski definition) is 6. The Bertz CT molecular complexity index is 2480. The molecular weight excluding hydrogens is 747 g/mol. The average molecular weight is 796 g/mol. The number of imide groups is 1. The standard InChI is InChI=1S/C44H49N11O4/c1-24-18-27(8-12-32(24)25(2)50-41(58)42-54-43(55-59-42)44(3,4)5)38-33-21-35(52-39(33)49-23-48-38)28-9-14-36(47-22-28)46-17-16-45-31-19-29(20-31)26-6-10-30(11-7-26)51-34-13-15-37(56)53-40(34)57/h6-12,14,18,21-23,25,29,31,34,45,51H,13,15-17,19-20H2,1-5H3,(H,46,47)(H,50,58)(H,48,49,52)(H,53,56,57)/t25-,29-,31+,34?/m1/s1. The number of carbonyl (C=O) groups excluding carboxylic acids is 3. The summed E-state index contributed by atoms with van der Waals surface area (Å²) in [7, 11) is 0. The number of rotatable bonds is 13. The number of amides is 3. The summed E-state index contributed by atoms with van der Waals surface area (Å²) < 4.78 is 5.23. The maximum absolute atomic E-state index is 12.9. The highest BCUT2D eigenvalue weighted by Gasteiger charge is 2.30. The fourth-order valence-corrected chi connectivity index (χ4v) is 7.66. The fraction of sp³-hybridized carbons (Fsp3) is 0.364. The molecule has 3 amide bonds. The number of benzene rings is 2. The summed E-state index contributed by atoms with van der Waals surface area (Å²) in [5, 5.41) is 20.5. The molecule has 8 rings (SSSR count). The first-order chi connectivity index (χ1) is 28.4. The van der Waals surface area contributed by atoms with Gasteiger partial charge in [0, 0.05) is 65.1 Å². The Balaban J connectivity index is 0.811. The molecule has 1 aliphatic carbocycles. The van der Waals surface area contributed by atoms with Gasteiger partial charge in [0.25, 0.3) is 0 Å². The van der Waals surface area contributed by atoms with Gasteiger partial charge in [0.1, 0.15) is 23.8 Å². The topological polar surface area (TPSA) is 205 Å². The molecular formula is C44H49N11O4. The second-order valence-corrected chi connectivity index (χ2v) is 16.6. The molecule has 2 aliphatic rings. The number of aryl methyl sites for hydroxylation is 1. The Hall–Kier alpha value is -6.48. The number of carbonyl (C=O) groups is 3. The fourth-order valence-electron chi connectivity index (χ4n) is 7.66. The van der Waals surface area contributed by atoms with Crippen LogP contribution in [0.3, 0.4) is 0 Å². The molecule has 4 aromatic heterocycles. The number of fused-ring (bicyclic) bond motifs is 1. The second-order valence-electron chi connectivity index (χ2n) is 16.6. The quantitative estimate of drug-likeness (QED) is 0.0561. The van der Waals surface area contributed by atoms with Crippen molar-refractivity contribution < 1.29 is 18.9 Å². The number of nitrogens with zero attached hydrogens (tertiary/aromatic N) is 5. The Morgan fingerprint density at radius 2 is 1.76 bits per heavy atom. The van der Waals surface area contributed by atoms with Crippen LogP contribution in [-0.2, 0) is 15.0 Å². The van der Waals surface area contributed by atoms with E-state index >= 15 is 0 Å². The van der Waals surface area contributed by atoms with Crippen molar-refractivity contribution in [2.45, 2.75) is 89.8 Å². The van der Waals surface area contributed by atoms with Crippen molar-refractivity contribution in [1.82, 2.24) is 46.0 Å². The van der Waals surface area contributed by atoms with E-state index < -0.39 is 5.91 Å². The maximum Gasteiger partial charge on any atom is 0.315 e. The molecule has 0 spiro atoms. The van der Waals surface area contributed by atoms with Crippen molar-refractivity contribution in [3.63, 3.8) is 0 Å². The van der Waals surface area contributed by atoms with E-state index in [0.29, 0.717) is 30.6 Å². The van der Waals surface area contributed by atoms with Gasteiger partial charge < -0.3 is 30.8 Å². The predicted molar refractivity (Wildman–Crippen MR) is 225 cm³/mol. The molecule has 15 heteroatoms. The van der Waals surface area contributed by atoms with Crippen LogP contribution in [0.2, 0.25) is 0 Å². The number of piperidine rings is 1. The average Bonchev–Trinajstić information content (AvgIpc) is 3.88. The first-order valence-electron chi connectivity index (χ1n) is 20.1. The number of aromatic nitrogens is 6. The van der Waals surface area contributed by atoms with E-state index in [9.17, 15) is 14.4 Å². The van der Waals surface area contributed by atoms with Crippen LogP contribution in [0.25, 0.3) is 33.5 Å². The molecule has 1 aliphatic heterocycles. The number of aromatic amines is 1. The smallest absolute Gasteiger partial charge is 0.315 e. The normalized spacial score (nSPS) is 18.6. The van der Waals surface area contributed by atoms with Crippen molar-refractivity contribution in [2.24, 2.45) is 0 Å².